The summed E-state index contributed by atoms with van der Waals surface area (Å²) >= 11 is 3.40. The molecule has 0 spiro atoms. The van der Waals surface area contributed by atoms with Crippen LogP contribution < -0.4 is 4.74 Å². The van der Waals surface area contributed by atoms with E-state index in [0.717, 1.165) is 26.7 Å². The van der Waals surface area contributed by atoms with Crippen molar-refractivity contribution in [2.75, 3.05) is 7.11 Å². The van der Waals surface area contributed by atoms with Gasteiger partial charge in [-0.05, 0) is 45.8 Å². The molecule has 3 aromatic rings. The van der Waals surface area contributed by atoms with Crippen molar-refractivity contribution in [1.82, 2.24) is 0 Å². The Kier molecular flexibility index (Phi) is 4.76. The highest BCUT2D eigenvalue weighted by molar-refractivity contribution is 9.10. The maximum atomic E-state index is 12.1. The Morgan fingerprint density at radius 3 is 2.83 bits per heavy atom. The van der Waals surface area contributed by atoms with Gasteiger partial charge in [-0.1, -0.05) is 6.07 Å². The zero-order valence-corrected chi connectivity index (χ0v) is 14.5. The van der Waals surface area contributed by atoms with Crippen molar-refractivity contribution in [3.63, 3.8) is 0 Å². The normalized spacial score (nSPS) is 10.8. The molecule has 0 fully saturated rings. The molecule has 0 saturated carbocycles. The minimum atomic E-state index is -0.349. The fraction of sp³-hybridized carbons (Fsp3) is 0.167. The first kappa shape index (κ1) is 16.4. The van der Waals surface area contributed by atoms with Crippen LogP contribution in [0.25, 0.3) is 11.0 Å². The van der Waals surface area contributed by atoms with Gasteiger partial charge in [0.25, 0.3) is 0 Å². The summed E-state index contributed by atoms with van der Waals surface area (Å²) in [6.45, 7) is 0.179. The Labute approximate surface area is 146 Å². The Bertz CT molecular complexity index is 884. The molecule has 0 bridgehead atoms. The van der Waals surface area contributed by atoms with E-state index in [0.29, 0.717) is 5.58 Å². The number of phenolic OH excluding ortho intramolecular Hbond substituents is 1. The molecule has 2 aromatic carbocycles. The van der Waals surface area contributed by atoms with Gasteiger partial charge in [0, 0.05) is 17.0 Å². The smallest absolute Gasteiger partial charge is 0.310 e. The van der Waals surface area contributed by atoms with Crippen LogP contribution in [0.5, 0.6) is 11.5 Å². The SMILES string of the molecule is COc1ccc(COC(=O)Cc2coc3cc(O)ccc23)cc1Br. The number of hydrogen-bond donors (Lipinski definition) is 1. The summed E-state index contributed by atoms with van der Waals surface area (Å²) in [6.07, 6.45) is 1.62. The van der Waals surface area contributed by atoms with E-state index in [1.54, 1.807) is 19.2 Å². The van der Waals surface area contributed by atoms with Gasteiger partial charge in [0.2, 0.25) is 0 Å². The zero-order valence-electron chi connectivity index (χ0n) is 12.9. The van der Waals surface area contributed by atoms with Gasteiger partial charge in [0.05, 0.1) is 24.3 Å². The number of halogens is 1. The number of phenols is 1. The van der Waals surface area contributed by atoms with E-state index in [4.69, 9.17) is 13.9 Å². The van der Waals surface area contributed by atoms with Crippen molar-refractivity contribution in [2.45, 2.75) is 13.0 Å². The van der Waals surface area contributed by atoms with Crippen LogP contribution in [0.4, 0.5) is 0 Å². The lowest BCUT2D eigenvalue weighted by atomic mass is 10.1. The molecule has 0 atom stereocenters. The summed E-state index contributed by atoms with van der Waals surface area (Å²) in [6, 6.07) is 10.3. The van der Waals surface area contributed by atoms with Gasteiger partial charge >= 0.3 is 5.97 Å². The minimum Gasteiger partial charge on any atom is -0.508 e. The zero-order chi connectivity index (χ0) is 17.1. The molecular formula is C18H15BrO5. The minimum absolute atomic E-state index is 0.106. The van der Waals surface area contributed by atoms with Gasteiger partial charge in [0.15, 0.2) is 0 Å². The summed E-state index contributed by atoms with van der Waals surface area (Å²) < 4.78 is 16.6. The molecule has 0 aliphatic heterocycles. The predicted octanol–water partition coefficient (Wildman–Crippen LogP) is 4.20. The molecule has 5 nitrogen and oxygen atoms in total. The van der Waals surface area contributed by atoms with Crippen molar-refractivity contribution in [2.24, 2.45) is 0 Å². The summed E-state index contributed by atoms with van der Waals surface area (Å²) in [4.78, 5) is 12.1. The quantitative estimate of drug-likeness (QED) is 0.661. The van der Waals surface area contributed by atoms with Crippen molar-refractivity contribution >= 4 is 32.9 Å². The van der Waals surface area contributed by atoms with Crippen molar-refractivity contribution in [3.8, 4) is 11.5 Å². The molecule has 6 heteroatoms. The third-order valence-corrected chi connectivity index (χ3v) is 4.21. The monoisotopic (exact) mass is 390 g/mol. The highest BCUT2D eigenvalue weighted by atomic mass is 79.9. The van der Waals surface area contributed by atoms with E-state index >= 15 is 0 Å². The molecule has 0 radical (unpaired) electrons. The third-order valence-electron chi connectivity index (χ3n) is 3.59. The van der Waals surface area contributed by atoms with E-state index in [1.807, 2.05) is 18.2 Å². The number of hydrogen-bond acceptors (Lipinski definition) is 5. The summed E-state index contributed by atoms with van der Waals surface area (Å²) in [5.74, 6) is 0.493. The fourth-order valence-electron chi connectivity index (χ4n) is 2.38. The Morgan fingerprint density at radius 2 is 2.08 bits per heavy atom. The molecule has 0 aliphatic rings. The van der Waals surface area contributed by atoms with E-state index in [9.17, 15) is 9.90 Å². The highest BCUT2D eigenvalue weighted by Crippen LogP contribution is 2.27. The first-order valence-corrected chi connectivity index (χ1v) is 8.03. The lowest BCUT2D eigenvalue weighted by Gasteiger charge is -2.07. The second kappa shape index (κ2) is 6.97. The van der Waals surface area contributed by atoms with Crippen LogP contribution in [0, 0.1) is 0 Å². The first-order chi connectivity index (χ1) is 11.6. The standard InChI is InChI=1S/C18H15BrO5/c1-22-16-5-2-11(6-15(16)19)9-24-18(21)7-12-10-23-17-8-13(20)3-4-14(12)17/h2-6,8,10,20H,7,9H2,1H3. The second-order valence-electron chi connectivity index (χ2n) is 5.25. The van der Waals surface area contributed by atoms with Crippen LogP contribution >= 0.6 is 15.9 Å². The molecule has 24 heavy (non-hydrogen) atoms. The van der Waals surface area contributed by atoms with Crippen LogP contribution in [0.3, 0.4) is 0 Å². The van der Waals surface area contributed by atoms with Crippen LogP contribution in [0.2, 0.25) is 0 Å². The number of furan rings is 1. The fourth-order valence-corrected chi connectivity index (χ4v) is 2.97. The van der Waals surface area contributed by atoms with Gasteiger partial charge in [-0.3, -0.25) is 4.79 Å². The van der Waals surface area contributed by atoms with Gasteiger partial charge in [-0.2, -0.15) is 0 Å². The van der Waals surface area contributed by atoms with E-state index in [2.05, 4.69) is 15.9 Å². The van der Waals surface area contributed by atoms with Crippen molar-refractivity contribution in [3.05, 3.63) is 58.3 Å². The summed E-state index contributed by atoms with van der Waals surface area (Å²) in [5, 5.41) is 10.2. The molecule has 0 saturated heterocycles. The number of carbonyl (C=O) groups is 1. The van der Waals surface area contributed by atoms with E-state index < -0.39 is 0 Å². The Hall–Kier alpha value is -2.47. The maximum absolute atomic E-state index is 12.1. The van der Waals surface area contributed by atoms with E-state index in [-0.39, 0.29) is 24.7 Å². The van der Waals surface area contributed by atoms with Gasteiger partial charge in [0.1, 0.15) is 23.7 Å². The second-order valence-corrected chi connectivity index (χ2v) is 6.10. The number of ether oxygens (including phenoxy) is 2. The average molecular weight is 391 g/mol. The molecule has 1 aromatic heterocycles. The molecule has 0 amide bonds. The van der Waals surface area contributed by atoms with Crippen LogP contribution in [0.1, 0.15) is 11.1 Å². The van der Waals surface area contributed by atoms with Crippen LogP contribution in [-0.2, 0) is 22.6 Å². The third kappa shape index (κ3) is 3.54. The van der Waals surface area contributed by atoms with Crippen LogP contribution in [-0.4, -0.2) is 18.2 Å². The molecular weight excluding hydrogens is 376 g/mol. The number of fused-ring (bicyclic) bond motifs is 1. The van der Waals surface area contributed by atoms with Gasteiger partial charge in [-0.25, -0.2) is 0 Å². The number of aromatic hydroxyl groups is 1. The molecule has 1 heterocycles. The first-order valence-electron chi connectivity index (χ1n) is 7.24. The number of rotatable bonds is 5. The molecule has 124 valence electrons. The number of benzene rings is 2. The van der Waals surface area contributed by atoms with E-state index in [1.165, 1.54) is 12.3 Å². The lowest BCUT2D eigenvalue weighted by Crippen LogP contribution is -2.07. The van der Waals surface area contributed by atoms with Gasteiger partial charge in [-0.15, -0.1) is 0 Å². The number of esters is 1. The summed E-state index contributed by atoms with van der Waals surface area (Å²) in [5.41, 5.74) is 2.13. The van der Waals surface area contributed by atoms with Gasteiger partial charge < -0.3 is 19.0 Å². The molecule has 0 aliphatic carbocycles. The topological polar surface area (TPSA) is 68.9 Å². The molecule has 0 unspecified atom stereocenters. The molecule has 3 rings (SSSR count). The number of methoxy groups -OCH3 is 1. The predicted molar refractivity (Wildman–Crippen MR) is 92.1 cm³/mol. The van der Waals surface area contributed by atoms with Crippen LogP contribution in [0.15, 0.2) is 51.6 Å². The maximum Gasteiger partial charge on any atom is 0.310 e. The lowest BCUT2D eigenvalue weighted by molar-refractivity contribution is -0.144. The highest BCUT2D eigenvalue weighted by Gasteiger charge is 2.12. The van der Waals surface area contributed by atoms with Crippen molar-refractivity contribution in [1.29, 1.82) is 0 Å². The number of carbonyl (C=O) groups excluding carboxylic acids is 1. The Balaban J connectivity index is 1.64. The summed E-state index contributed by atoms with van der Waals surface area (Å²) in [7, 11) is 1.59. The largest absolute Gasteiger partial charge is 0.508 e. The Morgan fingerprint density at radius 1 is 1.25 bits per heavy atom. The molecule has 1 N–H and O–H groups in total. The van der Waals surface area contributed by atoms with Crippen molar-refractivity contribution < 1.29 is 23.8 Å². The average Bonchev–Trinajstić information content (AvgIpc) is 2.95.